The summed E-state index contributed by atoms with van der Waals surface area (Å²) in [5.41, 5.74) is 8.50. The first kappa shape index (κ1) is 16.2. The molecule has 0 spiro atoms. The maximum absolute atomic E-state index is 6.68. The van der Waals surface area contributed by atoms with Crippen LogP contribution in [0, 0.1) is 0 Å². The number of nitrogens with two attached hydrogens (primary N) is 1. The highest BCUT2D eigenvalue weighted by molar-refractivity contribution is 6.30. The number of rotatable bonds is 7. The van der Waals surface area contributed by atoms with Gasteiger partial charge in [0.2, 0.25) is 0 Å². The summed E-state index contributed by atoms with van der Waals surface area (Å²) in [4.78, 5) is 2.34. The first-order valence-corrected chi connectivity index (χ1v) is 7.20. The zero-order valence-corrected chi connectivity index (χ0v) is 13.0. The molecule has 0 amide bonds. The predicted molar refractivity (Wildman–Crippen MR) is 84.5 cm³/mol. The molecule has 2 N–H and O–H groups in total. The van der Waals surface area contributed by atoms with E-state index in [0.717, 1.165) is 42.2 Å². The molecule has 19 heavy (non-hydrogen) atoms. The van der Waals surface area contributed by atoms with Crippen molar-refractivity contribution in [2.45, 2.75) is 32.7 Å². The molecule has 1 rings (SSSR count). The van der Waals surface area contributed by atoms with Gasteiger partial charge in [-0.3, -0.25) is 0 Å². The van der Waals surface area contributed by atoms with Crippen molar-refractivity contribution >= 4 is 11.6 Å². The maximum Gasteiger partial charge on any atom is 0.0575 e. The first-order valence-electron chi connectivity index (χ1n) is 6.83. The third-order valence-corrected chi connectivity index (χ3v) is 3.69. The smallest absolute Gasteiger partial charge is 0.0575 e. The Morgan fingerprint density at radius 2 is 1.79 bits per heavy atom. The van der Waals surface area contributed by atoms with Crippen molar-refractivity contribution in [3.8, 4) is 0 Å². The molecule has 0 aliphatic carbocycles. The summed E-state index contributed by atoms with van der Waals surface area (Å²) in [6, 6.07) is 7.85. The molecule has 0 heterocycles. The van der Waals surface area contributed by atoms with E-state index in [9.17, 15) is 0 Å². The number of hydrogen-bond acceptors (Lipinski definition) is 2. The molecule has 1 atom stereocenters. The lowest BCUT2D eigenvalue weighted by Gasteiger charge is -2.35. The van der Waals surface area contributed by atoms with E-state index < -0.39 is 5.54 Å². The van der Waals surface area contributed by atoms with Gasteiger partial charge in [-0.2, -0.15) is 0 Å². The second-order valence-corrected chi connectivity index (χ2v) is 5.69. The van der Waals surface area contributed by atoms with Crippen LogP contribution in [0.15, 0.2) is 36.4 Å². The third-order valence-electron chi connectivity index (χ3n) is 3.44. The number of halogens is 1. The van der Waals surface area contributed by atoms with Gasteiger partial charge in [-0.1, -0.05) is 43.2 Å². The molecule has 1 aromatic rings. The van der Waals surface area contributed by atoms with Crippen LogP contribution in [0.3, 0.4) is 0 Å². The van der Waals surface area contributed by atoms with Crippen LogP contribution in [-0.4, -0.2) is 24.5 Å². The lowest BCUT2D eigenvalue weighted by Crippen LogP contribution is -2.47. The minimum atomic E-state index is -0.400. The second-order valence-electron chi connectivity index (χ2n) is 5.26. The third kappa shape index (κ3) is 4.64. The Labute approximate surface area is 122 Å². The molecule has 3 heteroatoms. The molecular weight excluding hydrogens is 256 g/mol. The summed E-state index contributed by atoms with van der Waals surface area (Å²) >= 11 is 5.96. The van der Waals surface area contributed by atoms with Gasteiger partial charge in [-0.15, -0.1) is 6.58 Å². The molecule has 106 valence electrons. The van der Waals surface area contributed by atoms with Crippen LogP contribution in [0.25, 0.3) is 0 Å². The minimum absolute atomic E-state index is 0.400. The van der Waals surface area contributed by atoms with Crippen molar-refractivity contribution in [1.29, 1.82) is 0 Å². The van der Waals surface area contributed by atoms with E-state index in [2.05, 4.69) is 25.3 Å². The number of nitrogens with zero attached hydrogens (tertiary/aromatic N) is 1. The number of likely N-dealkylation sites (N-methyl/N-ethyl adjacent to an activating group) is 1. The SMILES string of the molecule is C=C(C)CC(N)(CN(CC)CC)c1ccc(Cl)cc1. The van der Waals surface area contributed by atoms with Crippen molar-refractivity contribution in [3.63, 3.8) is 0 Å². The lowest BCUT2D eigenvalue weighted by atomic mass is 9.84. The molecule has 0 aromatic heterocycles. The van der Waals surface area contributed by atoms with Gasteiger partial charge in [0, 0.05) is 11.6 Å². The Kier molecular flexibility index (Phi) is 6.05. The van der Waals surface area contributed by atoms with Crippen LogP contribution in [0.4, 0.5) is 0 Å². The van der Waals surface area contributed by atoms with Crippen LogP contribution in [0.2, 0.25) is 5.02 Å². The molecule has 2 nitrogen and oxygen atoms in total. The van der Waals surface area contributed by atoms with Gasteiger partial charge in [0.1, 0.15) is 0 Å². The maximum atomic E-state index is 6.68. The summed E-state index contributed by atoms with van der Waals surface area (Å²) in [7, 11) is 0. The highest BCUT2D eigenvalue weighted by atomic mass is 35.5. The second kappa shape index (κ2) is 7.09. The average molecular weight is 281 g/mol. The van der Waals surface area contributed by atoms with Crippen molar-refractivity contribution in [2.75, 3.05) is 19.6 Å². The van der Waals surface area contributed by atoms with E-state index in [0.29, 0.717) is 0 Å². The Balaban J connectivity index is 3.04. The van der Waals surface area contributed by atoms with E-state index in [-0.39, 0.29) is 0 Å². The van der Waals surface area contributed by atoms with Gasteiger partial charge >= 0.3 is 0 Å². The molecule has 0 saturated carbocycles. The summed E-state index contributed by atoms with van der Waals surface area (Å²) in [6.45, 7) is 13.2. The summed E-state index contributed by atoms with van der Waals surface area (Å²) in [5.74, 6) is 0. The normalized spacial score (nSPS) is 14.4. The van der Waals surface area contributed by atoms with Crippen molar-refractivity contribution in [1.82, 2.24) is 4.90 Å². The van der Waals surface area contributed by atoms with Gasteiger partial charge in [0.05, 0.1) is 5.54 Å². The monoisotopic (exact) mass is 280 g/mol. The van der Waals surface area contributed by atoms with Gasteiger partial charge in [0.15, 0.2) is 0 Å². The van der Waals surface area contributed by atoms with Crippen LogP contribution >= 0.6 is 11.6 Å². The molecule has 0 aliphatic heterocycles. The number of benzene rings is 1. The lowest BCUT2D eigenvalue weighted by molar-refractivity contribution is 0.224. The molecule has 0 radical (unpaired) electrons. The van der Waals surface area contributed by atoms with E-state index in [1.54, 1.807) is 0 Å². The van der Waals surface area contributed by atoms with Crippen LogP contribution in [0.5, 0.6) is 0 Å². The quantitative estimate of drug-likeness (QED) is 0.770. The van der Waals surface area contributed by atoms with Crippen molar-refractivity contribution < 1.29 is 0 Å². The van der Waals surface area contributed by atoms with Crippen LogP contribution < -0.4 is 5.73 Å². The standard InChI is InChI=1S/C16H25ClN2/c1-5-19(6-2)12-16(18,11-13(3)4)14-7-9-15(17)10-8-14/h7-10H,3,5-6,11-12,18H2,1-2,4H3. The van der Waals surface area contributed by atoms with E-state index in [1.807, 2.05) is 31.2 Å². The molecule has 0 fully saturated rings. The highest BCUT2D eigenvalue weighted by Crippen LogP contribution is 2.27. The zero-order valence-electron chi connectivity index (χ0n) is 12.2. The molecule has 0 bridgehead atoms. The molecular formula is C16H25ClN2. The van der Waals surface area contributed by atoms with E-state index in [1.165, 1.54) is 0 Å². The summed E-state index contributed by atoms with van der Waals surface area (Å²) in [5, 5.41) is 0.740. The Hall–Kier alpha value is -0.830. The molecule has 1 aromatic carbocycles. The van der Waals surface area contributed by atoms with Crippen molar-refractivity contribution in [3.05, 3.63) is 47.0 Å². The van der Waals surface area contributed by atoms with E-state index in [4.69, 9.17) is 17.3 Å². The highest BCUT2D eigenvalue weighted by Gasteiger charge is 2.29. The van der Waals surface area contributed by atoms with Gasteiger partial charge in [-0.05, 0) is 44.1 Å². The predicted octanol–water partition coefficient (Wildman–Crippen LogP) is 3.80. The van der Waals surface area contributed by atoms with Crippen LogP contribution in [0.1, 0.15) is 32.8 Å². The summed E-state index contributed by atoms with van der Waals surface area (Å²) in [6.07, 6.45) is 0.783. The Bertz CT molecular complexity index is 409. The van der Waals surface area contributed by atoms with Gasteiger partial charge in [-0.25, -0.2) is 0 Å². The zero-order chi connectivity index (χ0) is 14.5. The fourth-order valence-corrected chi connectivity index (χ4v) is 2.54. The Morgan fingerprint density at radius 1 is 1.26 bits per heavy atom. The first-order chi connectivity index (χ1) is 8.91. The Morgan fingerprint density at radius 3 is 2.21 bits per heavy atom. The summed E-state index contributed by atoms with van der Waals surface area (Å²) < 4.78 is 0. The van der Waals surface area contributed by atoms with Gasteiger partial charge in [0.25, 0.3) is 0 Å². The number of hydrogen-bond donors (Lipinski definition) is 1. The van der Waals surface area contributed by atoms with Gasteiger partial charge < -0.3 is 10.6 Å². The minimum Gasteiger partial charge on any atom is -0.320 e. The average Bonchev–Trinajstić information content (AvgIpc) is 2.35. The largest absolute Gasteiger partial charge is 0.320 e. The van der Waals surface area contributed by atoms with Crippen LogP contribution in [-0.2, 0) is 5.54 Å². The molecule has 0 saturated heterocycles. The topological polar surface area (TPSA) is 29.3 Å². The molecule has 1 unspecified atom stereocenters. The fourth-order valence-electron chi connectivity index (χ4n) is 2.42. The van der Waals surface area contributed by atoms with E-state index >= 15 is 0 Å². The fraction of sp³-hybridized carbons (Fsp3) is 0.500. The van der Waals surface area contributed by atoms with Crippen molar-refractivity contribution in [2.24, 2.45) is 5.73 Å². The molecule has 0 aliphatic rings.